The molecular formula is C13H18FN3O2. The Morgan fingerprint density at radius 2 is 2.37 bits per heavy atom. The highest BCUT2D eigenvalue weighted by molar-refractivity contribution is 5.97. The number of nitrogens with one attached hydrogen (secondary N) is 1. The summed E-state index contributed by atoms with van der Waals surface area (Å²) in [5.41, 5.74) is 6.59. The second-order valence-corrected chi connectivity index (χ2v) is 4.69. The highest BCUT2D eigenvalue weighted by Gasteiger charge is 2.23. The second kappa shape index (κ2) is 5.99. The topological polar surface area (TPSA) is 79.9 Å². The molecule has 1 saturated heterocycles. The van der Waals surface area contributed by atoms with Crippen LogP contribution in [0.3, 0.4) is 0 Å². The molecule has 0 bridgehead atoms. The van der Waals surface area contributed by atoms with Gasteiger partial charge in [-0.05, 0) is 37.1 Å². The lowest BCUT2D eigenvalue weighted by molar-refractivity contribution is 0.113. The van der Waals surface area contributed by atoms with Gasteiger partial charge < -0.3 is 21.0 Å². The summed E-state index contributed by atoms with van der Waals surface area (Å²) in [6, 6.07) is 4.64. The van der Waals surface area contributed by atoms with Gasteiger partial charge in [-0.15, -0.1) is 0 Å². The van der Waals surface area contributed by atoms with Gasteiger partial charge in [-0.25, -0.2) is 4.39 Å². The molecule has 6 heteroatoms. The summed E-state index contributed by atoms with van der Waals surface area (Å²) in [5, 5.41) is 14.8. The Hall–Kier alpha value is -1.66. The van der Waals surface area contributed by atoms with E-state index in [-0.39, 0.29) is 18.0 Å². The Bertz CT molecular complexity index is 479. The first-order valence-electron chi connectivity index (χ1n) is 6.22. The zero-order valence-electron chi connectivity index (χ0n) is 10.8. The molecule has 104 valence electrons. The predicted molar refractivity (Wildman–Crippen MR) is 69.6 cm³/mol. The molecule has 0 radical (unpaired) electrons. The Labute approximate surface area is 111 Å². The zero-order chi connectivity index (χ0) is 13.8. The standard InChI is InChI=1S/C13H18FN3O2/c1-8-12(2-3-19-8)16-7-9-4-10(13(15)17-18)6-11(14)5-9/h4-6,8,12,16,18H,2-3,7H2,1H3,(H2,15,17). The maximum absolute atomic E-state index is 13.5. The number of benzene rings is 1. The molecule has 1 aromatic rings. The third kappa shape index (κ3) is 3.42. The fourth-order valence-corrected chi connectivity index (χ4v) is 2.21. The van der Waals surface area contributed by atoms with Crippen molar-refractivity contribution in [3.05, 3.63) is 35.1 Å². The zero-order valence-corrected chi connectivity index (χ0v) is 10.8. The number of hydrogen-bond acceptors (Lipinski definition) is 4. The predicted octanol–water partition coefficient (Wildman–Crippen LogP) is 1.19. The van der Waals surface area contributed by atoms with Gasteiger partial charge in [0.05, 0.1) is 6.10 Å². The van der Waals surface area contributed by atoms with Crippen LogP contribution in [0.25, 0.3) is 0 Å². The van der Waals surface area contributed by atoms with Gasteiger partial charge in [0, 0.05) is 24.8 Å². The lowest BCUT2D eigenvalue weighted by Crippen LogP contribution is -2.34. The molecule has 0 saturated carbocycles. The molecule has 1 aromatic carbocycles. The molecule has 2 unspecified atom stereocenters. The van der Waals surface area contributed by atoms with Crippen LogP contribution in [0, 0.1) is 5.82 Å². The third-order valence-corrected chi connectivity index (χ3v) is 3.31. The van der Waals surface area contributed by atoms with Crippen LogP contribution in [-0.2, 0) is 11.3 Å². The Kier molecular flexibility index (Phi) is 4.34. The largest absolute Gasteiger partial charge is 0.409 e. The molecule has 19 heavy (non-hydrogen) atoms. The number of ether oxygens (including phenoxy) is 1. The minimum atomic E-state index is -0.406. The maximum atomic E-state index is 13.5. The van der Waals surface area contributed by atoms with Gasteiger partial charge in [-0.2, -0.15) is 0 Å². The number of rotatable bonds is 4. The van der Waals surface area contributed by atoms with Crippen LogP contribution in [0.2, 0.25) is 0 Å². The van der Waals surface area contributed by atoms with E-state index in [0.717, 1.165) is 18.6 Å². The van der Waals surface area contributed by atoms with Crippen molar-refractivity contribution in [2.24, 2.45) is 10.9 Å². The molecule has 5 nitrogen and oxygen atoms in total. The van der Waals surface area contributed by atoms with Crippen LogP contribution in [0.5, 0.6) is 0 Å². The lowest BCUT2D eigenvalue weighted by Gasteiger charge is -2.16. The fourth-order valence-electron chi connectivity index (χ4n) is 2.21. The third-order valence-electron chi connectivity index (χ3n) is 3.31. The van der Waals surface area contributed by atoms with Crippen molar-refractivity contribution in [2.45, 2.75) is 32.0 Å². The second-order valence-electron chi connectivity index (χ2n) is 4.69. The quantitative estimate of drug-likeness (QED) is 0.331. The average Bonchev–Trinajstić information content (AvgIpc) is 2.80. The van der Waals surface area contributed by atoms with Crippen molar-refractivity contribution in [3.63, 3.8) is 0 Å². The molecular weight excluding hydrogens is 249 g/mol. The van der Waals surface area contributed by atoms with E-state index < -0.39 is 5.82 Å². The van der Waals surface area contributed by atoms with Gasteiger partial charge in [-0.3, -0.25) is 0 Å². The molecule has 0 aromatic heterocycles. The lowest BCUT2D eigenvalue weighted by atomic mass is 10.1. The van der Waals surface area contributed by atoms with Gasteiger partial charge in [0.15, 0.2) is 5.84 Å². The summed E-state index contributed by atoms with van der Waals surface area (Å²) in [7, 11) is 0. The van der Waals surface area contributed by atoms with Crippen molar-refractivity contribution < 1.29 is 14.3 Å². The summed E-state index contributed by atoms with van der Waals surface area (Å²) < 4.78 is 18.9. The first-order chi connectivity index (χ1) is 9.10. The van der Waals surface area contributed by atoms with Crippen molar-refractivity contribution in [1.29, 1.82) is 0 Å². The molecule has 2 atom stereocenters. The van der Waals surface area contributed by atoms with Gasteiger partial charge in [0.2, 0.25) is 0 Å². The summed E-state index contributed by atoms with van der Waals surface area (Å²) >= 11 is 0. The smallest absolute Gasteiger partial charge is 0.170 e. The van der Waals surface area contributed by atoms with E-state index in [1.54, 1.807) is 6.07 Å². The molecule has 4 N–H and O–H groups in total. The molecule has 0 aliphatic carbocycles. The SMILES string of the molecule is CC1OCCC1NCc1cc(F)cc(/C(N)=N/O)c1. The van der Waals surface area contributed by atoms with Crippen molar-refractivity contribution >= 4 is 5.84 Å². The van der Waals surface area contributed by atoms with E-state index >= 15 is 0 Å². The van der Waals surface area contributed by atoms with E-state index in [9.17, 15) is 4.39 Å². The van der Waals surface area contributed by atoms with Crippen LogP contribution in [0.1, 0.15) is 24.5 Å². The summed E-state index contributed by atoms with van der Waals surface area (Å²) in [4.78, 5) is 0. The van der Waals surface area contributed by atoms with Crippen molar-refractivity contribution in [1.82, 2.24) is 5.32 Å². The molecule has 1 heterocycles. The molecule has 2 rings (SSSR count). The molecule has 0 amide bonds. The summed E-state index contributed by atoms with van der Waals surface area (Å²) in [6.45, 7) is 3.28. The first-order valence-corrected chi connectivity index (χ1v) is 6.22. The number of hydrogen-bond donors (Lipinski definition) is 3. The highest BCUT2D eigenvalue weighted by Crippen LogP contribution is 2.14. The van der Waals surface area contributed by atoms with Gasteiger partial charge in [0.1, 0.15) is 5.82 Å². The van der Waals surface area contributed by atoms with E-state index in [4.69, 9.17) is 15.7 Å². The van der Waals surface area contributed by atoms with Gasteiger partial charge in [0.25, 0.3) is 0 Å². The van der Waals surface area contributed by atoms with Crippen molar-refractivity contribution in [3.8, 4) is 0 Å². The maximum Gasteiger partial charge on any atom is 0.170 e. The van der Waals surface area contributed by atoms with Gasteiger partial charge >= 0.3 is 0 Å². The number of amidine groups is 1. The molecule has 1 fully saturated rings. The van der Waals surface area contributed by atoms with E-state index in [1.807, 2.05) is 6.92 Å². The Morgan fingerprint density at radius 3 is 3.00 bits per heavy atom. The minimum absolute atomic E-state index is 0.0988. The number of nitrogens with two attached hydrogens (primary N) is 1. The molecule has 0 spiro atoms. The Balaban J connectivity index is 2.05. The van der Waals surface area contributed by atoms with Crippen LogP contribution < -0.4 is 11.1 Å². The molecule has 1 aliphatic heterocycles. The molecule has 1 aliphatic rings. The fraction of sp³-hybridized carbons (Fsp3) is 0.462. The minimum Gasteiger partial charge on any atom is -0.409 e. The van der Waals surface area contributed by atoms with E-state index in [0.29, 0.717) is 12.1 Å². The van der Waals surface area contributed by atoms with Crippen LogP contribution in [-0.4, -0.2) is 29.8 Å². The number of halogens is 1. The Morgan fingerprint density at radius 1 is 1.58 bits per heavy atom. The monoisotopic (exact) mass is 267 g/mol. The van der Waals surface area contributed by atoms with Gasteiger partial charge in [-0.1, -0.05) is 5.16 Å². The average molecular weight is 267 g/mol. The number of oxime groups is 1. The normalized spacial score (nSPS) is 23.8. The van der Waals surface area contributed by atoms with Crippen LogP contribution in [0.15, 0.2) is 23.4 Å². The van der Waals surface area contributed by atoms with E-state index in [2.05, 4.69) is 10.5 Å². The van der Waals surface area contributed by atoms with Crippen LogP contribution >= 0.6 is 0 Å². The van der Waals surface area contributed by atoms with E-state index in [1.165, 1.54) is 12.1 Å². The van der Waals surface area contributed by atoms with Crippen LogP contribution in [0.4, 0.5) is 4.39 Å². The first kappa shape index (κ1) is 13.8. The van der Waals surface area contributed by atoms with Crippen molar-refractivity contribution in [2.75, 3.05) is 6.61 Å². The summed E-state index contributed by atoms with van der Waals surface area (Å²) in [5.74, 6) is -0.505. The number of nitrogens with zero attached hydrogens (tertiary/aromatic N) is 1. The summed E-state index contributed by atoms with van der Waals surface area (Å²) in [6.07, 6.45) is 1.11. The highest BCUT2D eigenvalue weighted by atomic mass is 19.1.